The Kier molecular flexibility index (Phi) is 8.23. The van der Waals surface area contributed by atoms with E-state index in [0.29, 0.717) is 29.2 Å². The average molecular weight is 384 g/mol. The molecule has 2 rings (SSSR count). The molecule has 0 aliphatic heterocycles. The van der Waals surface area contributed by atoms with E-state index < -0.39 is 12.3 Å². The number of unbranched alkanes of at least 4 members (excludes halogenated alkanes) is 1. The van der Waals surface area contributed by atoms with Crippen molar-refractivity contribution in [1.82, 2.24) is 0 Å². The molecule has 0 unspecified atom stereocenters. The summed E-state index contributed by atoms with van der Waals surface area (Å²) in [5, 5.41) is 0. The maximum atomic E-state index is 13.0. The minimum Gasteiger partial charge on any atom is -0.493 e. The van der Waals surface area contributed by atoms with Gasteiger partial charge in [0.05, 0.1) is 6.61 Å². The fraction of sp³-hybridized carbons (Fsp3) is 0.348. The third-order valence-electron chi connectivity index (χ3n) is 4.42. The van der Waals surface area contributed by atoms with E-state index in [9.17, 15) is 4.79 Å². The SMILES string of the molecule is C=Cc1c(C(OC)OC)cc(OCCCC)c(C(=O)Oc2ccccc2)c1C. The van der Waals surface area contributed by atoms with E-state index in [4.69, 9.17) is 18.9 Å². The van der Waals surface area contributed by atoms with Crippen LogP contribution in [0.3, 0.4) is 0 Å². The molecule has 0 aliphatic rings. The first-order valence-electron chi connectivity index (χ1n) is 9.32. The molecule has 2 aromatic rings. The second-order valence-electron chi connectivity index (χ2n) is 6.29. The van der Waals surface area contributed by atoms with Crippen molar-refractivity contribution in [2.75, 3.05) is 20.8 Å². The van der Waals surface area contributed by atoms with Gasteiger partial charge in [0.15, 0.2) is 6.29 Å². The van der Waals surface area contributed by atoms with Crippen molar-refractivity contribution in [3.05, 3.63) is 65.2 Å². The fourth-order valence-electron chi connectivity index (χ4n) is 2.98. The van der Waals surface area contributed by atoms with Gasteiger partial charge in [0.2, 0.25) is 0 Å². The van der Waals surface area contributed by atoms with Gasteiger partial charge in [-0.05, 0) is 42.7 Å². The summed E-state index contributed by atoms with van der Waals surface area (Å²) in [5.41, 5.74) is 2.60. The van der Waals surface area contributed by atoms with Crippen molar-refractivity contribution in [1.29, 1.82) is 0 Å². The highest BCUT2D eigenvalue weighted by Gasteiger charge is 2.25. The molecule has 0 bridgehead atoms. The highest BCUT2D eigenvalue weighted by molar-refractivity contribution is 5.97. The number of esters is 1. The highest BCUT2D eigenvalue weighted by atomic mass is 16.7. The average Bonchev–Trinajstić information content (AvgIpc) is 2.70. The molecule has 0 atom stereocenters. The first-order chi connectivity index (χ1) is 13.6. The number of methoxy groups -OCH3 is 2. The van der Waals surface area contributed by atoms with Crippen molar-refractivity contribution in [2.45, 2.75) is 33.0 Å². The topological polar surface area (TPSA) is 54.0 Å². The maximum Gasteiger partial charge on any atom is 0.347 e. The van der Waals surface area contributed by atoms with Crippen LogP contribution in [0.5, 0.6) is 11.5 Å². The van der Waals surface area contributed by atoms with Crippen LogP contribution in [-0.4, -0.2) is 26.8 Å². The van der Waals surface area contributed by atoms with Crippen molar-refractivity contribution in [3.8, 4) is 11.5 Å². The molecule has 28 heavy (non-hydrogen) atoms. The zero-order chi connectivity index (χ0) is 20.5. The Bertz CT molecular complexity index is 794. The van der Waals surface area contributed by atoms with E-state index in [1.54, 1.807) is 38.5 Å². The van der Waals surface area contributed by atoms with E-state index in [2.05, 4.69) is 13.5 Å². The quantitative estimate of drug-likeness (QED) is 0.240. The van der Waals surface area contributed by atoms with Crippen LogP contribution in [0.2, 0.25) is 0 Å². The molecule has 2 aromatic carbocycles. The zero-order valence-electron chi connectivity index (χ0n) is 17.0. The van der Waals surface area contributed by atoms with Crippen molar-refractivity contribution >= 4 is 12.0 Å². The summed E-state index contributed by atoms with van der Waals surface area (Å²) in [6.45, 7) is 8.31. The molecule has 0 heterocycles. The third kappa shape index (κ3) is 5.00. The molecule has 0 aliphatic carbocycles. The molecule has 0 saturated heterocycles. The summed E-state index contributed by atoms with van der Waals surface area (Å²) in [7, 11) is 3.12. The summed E-state index contributed by atoms with van der Waals surface area (Å²) in [5.74, 6) is 0.449. The Morgan fingerprint density at radius 1 is 1.18 bits per heavy atom. The molecule has 0 aromatic heterocycles. The summed E-state index contributed by atoms with van der Waals surface area (Å²) >= 11 is 0. The van der Waals surface area contributed by atoms with Crippen LogP contribution in [0.15, 0.2) is 43.0 Å². The van der Waals surface area contributed by atoms with Gasteiger partial charge in [-0.15, -0.1) is 0 Å². The Labute approximate surface area is 166 Å². The summed E-state index contributed by atoms with van der Waals surface area (Å²) in [6.07, 6.45) is 2.95. The lowest BCUT2D eigenvalue weighted by molar-refractivity contribution is -0.106. The van der Waals surface area contributed by atoms with Crippen LogP contribution in [0, 0.1) is 6.92 Å². The lowest BCUT2D eigenvalue weighted by Gasteiger charge is -2.22. The number of ether oxygens (including phenoxy) is 4. The number of benzene rings is 2. The Hall–Kier alpha value is -2.63. The van der Waals surface area contributed by atoms with Crippen molar-refractivity contribution < 1.29 is 23.7 Å². The van der Waals surface area contributed by atoms with Crippen LogP contribution in [0.4, 0.5) is 0 Å². The molecule has 0 N–H and O–H groups in total. The summed E-state index contributed by atoms with van der Waals surface area (Å²) in [6, 6.07) is 10.7. The molecule has 5 heteroatoms. The van der Waals surface area contributed by atoms with Gasteiger partial charge in [0.1, 0.15) is 17.1 Å². The second-order valence-corrected chi connectivity index (χ2v) is 6.29. The van der Waals surface area contributed by atoms with Crippen LogP contribution in [0.1, 0.15) is 53.1 Å². The van der Waals surface area contributed by atoms with Gasteiger partial charge in [-0.1, -0.05) is 44.2 Å². The normalized spacial score (nSPS) is 10.8. The van der Waals surface area contributed by atoms with Gasteiger partial charge in [0.25, 0.3) is 0 Å². The van der Waals surface area contributed by atoms with Gasteiger partial charge in [-0.2, -0.15) is 0 Å². The molecule has 0 radical (unpaired) electrons. The molecule has 0 amide bonds. The maximum absolute atomic E-state index is 13.0. The number of carbonyl (C=O) groups is 1. The van der Waals surface area contributed by atoms with Crippen LogP contribution in [0.25, 0.3) is 6.08 Å². The second kappa shape index (κ2) is 10.6. The number of rotatable bonds is 10. The molecular formula is C23H28O5. The number of carbonyl (C=O) groups excluding carboxylic acids is 1. The predicted molar refractivity (Wildman–Crippen MR) is 110 cm³/mol. The van der Waals surface area contributed by atoms with Crippen LogP contribution in [-0.2, 0) is 9.47 Å². The smallest absolute Gasteiger partial charge is 0.347 e. The molecule has 0 saturated carbocycles. The minimum absolute atomic E-state index is 0.379. The minimum atomic E-state index is -0.598. The Morgan fingerprint density at radius 3 is 2.43 bits per heavy atom. The summed E-state index contributed by atoms with van der Waals surface area (Å²) in [4.78, 5) is 13.0. The van der Waals surface area contributed by atoms with Crippen molar-refractivity contribution in [3.63, 3.8) is 0 Å². The molecule has 150 valence electrons. The van der Waals surface area contributed by atoms with Crippen LogP contribution < -0.4 is 9.47 Å². The van der Waals surface area contributed by atoms with Crippen LogP contribution >= 0.6 is 0 Å². The van der Waals surface area contributed by atoms with Gasteiger partial charge < -0.3 is 18.9 Å². The van der Waals surface area contributed by atoms with Gasteiger partial charge >= 0.3 is 5.97 Å². The van der Waals surface area contributed by atoms with E-state index in [-0.39, 0.29) is 0 Å². The van der Waals surface area contributed by atoms with E-state index in [0.717, 1.165) is 24.0 Å². The Balaban J connectivity index is 2.53. The first kappa shape index (κ1) is 21.7. The lowest BCUT2D eigenvalue weighted by atomic mass is 9.95. The van der Waals surface area contributed by atoms with E-state index in [1.165, 1.54) is 0 Å². The largest absolute Gasteiger partial charge is 0.493 e. The predicted octanol–water partition coefficient (Wildman–Crippen LogP) is 5.33. The van der Waals surface area contributed by atoms with Gasteiger partial charge in [-0.3, -0.25) is 0 Å². The Morgan fingerprint density at radius 2 is 1.86 bits per heavy atom. The molecule has 0 fully saturated rings. The number of hydrogen-bond acceptors (Lipinski definition) is 5. The van der Waals surface area contributed by atoms with Gasteiger partial charge in [0, 0.05) is 19.8 Å². The number of para-hydroxylation sites is 1. The molecular weight excluding hydrogens is 356 g/mol. The third-order valence-corrected chi connectivity index (χ3v) is 4.42. The summed E-state index contributed by atoms with van der Waals surface area (Å²) < 4.78 is 22.4. The fourth-order valence-corrected chi connectivity index (χ4v) is 2.98. The monoisotopic (exact) mass is 384 g/mol. The molecule has 0 spiro atoms. The molecule has 5 nitrogen and oxygen atoms in total. The highest BCUT2D eigenvalue weighted by Crippen LogP contribution is 2.35. The van der Waals surface area contributed by atoms with Gasteiger partial charge in [-0.25, -0.2) is 4.79 Å². The van der Waals surface area contributed by atoms with E-state index >= 15 is 0 Å². The lowest BCUT2D eigenvalue weighted by Crippen LogP contribution is -2.16. The number of hydrogen-bond donors (Lipinski definition) is 0. The standard InChI is InChI=1S/C23H28O5/c1-6-8-14-27-20-15-19(23(25-4)26-5)18(7-2)16(3)21(20)22(24)28-17-12-10-9-11-13-17/h7,9-13,15,23H,2,6,8,14H2,1,3-5H3. The van der Waals surface area contributed by atoms with E-state index in [1.807, 2.05) is 25.1 Å². The van der Waals surface area contributed by atoms with Crippen molar-refractivity contribution in [2.24, 2.45) is 0 Å². The first-order valence-corrected chi connectivity index (χ1v) is 9.32. The zero-order valence-corrected chi connectivity index (χ0v) is 17.0.